The average molecular weight is 332 g/mol. The van der Waals surface area contributed by atoms with E-state index >= 15 is 0 Å². The van der Waals surface area contributed by atoms with Crippen LogP contribution in [0.2, 0.25) is 0 Å². The van der Waals surface area contributed by atoms with E-state index in [0.717, 1.165) is 16.6 Å². The molecule has 5 heteroatoms. The van der Waals surface area contributed by atoms with Gasteiger partial charge in [-0.15, -0.1) is 0 Å². The van der Waals surface area contributed by atoms with E-state index in [1.54, 1.807) is 18.6 Å². The number of nitrogens with zero attached hydrogens (tertiary/aromatic N) is 2. The molecule has 1 amide bonds. The monoisotopic (exact) mass is 332 g/mol. The summed E-state index contributed by atoms with van der Waals surface area (Å²) in [7, 11) is 0. The highest BCUT2D eigenvalue weighted by Gasteiger charge is 2.16. The summed E-state index contributed by atoms with van der Waals surface area (Å²) < 4.78 is 0. The molecule has 2 N–H and O–H groups in total. The van der Waals surface area contributed by atoms with Gasteiger partial charge in [0.05, 0.1) is 22.5 Å². The van der Waals surface area contributed by atoms with Crippen LogP contribution < -0.4 is 10.6 Å². The molecule has 1 aliphatic carbocycles. The van der Waals surface area contributed by atoms with Crippen molar-refractivity contribution in [3.8, 4) is 0 Å². The Hall–Kier alpha value is -2.95. The fourth-order valence-corrected chi connectivity index (χ4v) is 3.35. The van der Waals surface area contributed by atoms with Crippen LogP contribution in [0.25, 0.3) is 10.9 Å². The molecule has 0 spiro atoms. The van der Waals surface area contributed by atoms with Crippen molar-refractivity contribution in [3.05, 3.63) is 60.6 Å². The second-order valence-corrected chi connectivity index (χ2v) is 6.42. The quantitative estimate of drug-likeness (QED) is 0.750. The van der Waals surface area contributed by atoms with Gasteiger partial charge in [0.1, 0.15) is 0 Å². The van der Waals surface area contributed by atoms with E-state index in [-0.39, 0.29) is 5.91 Å². The lowest BCUT2D eigenvalue weighted by Crippen LogP contribution is -2.16. The molecule has 2 heterocycles. The zero-order chi connectivity index (χ0) is 17.1. The lowest BCUT2D eigenvalue weighted by Gasteiger charge is -2.14. The molecule has 0 saturated heterocycles. The first-order valence-corrected chi connectivity index (χ1v) is 8.66. The van der Waals surface area contributed by atoms with Crippen LogP contribution in [0.4, 0.5) is 11.4 Å². The van der Waals surface area contributed by atoms with Crippen LogP contribution in [0.5, 0.6) is 0 Å². The number of fused-ring (bicyclic) bond motifs is 1. The summed E-state index contributed by atoms with van der Waals surface area (Å²) in [4.78, 5) is 21.2. The molecule has 5 nitrogen and oxygen atoms in total. The predicted octanol–water partition coefficient (Wildman–Crippen LogP) is 4.24. The summed E-state index contributed by atoms with van der Waals surface area (Å²) >= 11 is 0. The molecule has 0 atom stereocenters. The summed E-state index contributed by atoms with van der Waals surface area (Å²) in [6, 6.07) is 12.0. The van der Waals surface area contributed by atoms with Gasteiger partial charge in [-0.05, 0) is 31.0 Å². The van der Waals surface area contributed by atoms with Crippen LogP contribution in [-0.4, -0.2) is 21.9 Å². The molecule has 1 fully saturated rings. The normalized spacial score (nSPS) is 14.6. The maximum atomic E-state index is 12.6. The first-order chi connectivity index (χ1) is 12.3. The molecule has 1 aromatic carbocycles. The van der Waals surface area contributed by atoms with Crippen LogP contribution in [0.3, 0.4) is 0 Å². The van der Waals surface area contributed by atoms with Crippen molar-refractivity contribution in [1.29, 1.82) is 0 Å². The van der Waals surface area contributed by atoms with Gasteiger partial charge >= 0.3 is 0 Å². The van der Waals surface area contributed by atoms with E-state index in [4.69, 9.17) is 0 Å². The second-order valence-electron chi connectivity index (χ2n) is 6.42. The van der Waals surface area contributed by atoms with Gasteiger partial charge in [0, 0.05) is 30.0 Å². The molecule has 0 unspecified atom stereocenters. The van der Waals surface area contributed by atoms with E-state index in [0.29, 0.717) is 17.3 Å². The average Bonchev–Trinajstić information content (AvgIpc) is 3.15. The zero-order valence-corrected chi connectivity index (χ0v) is 13.9. The number of para-hydroxylation sites is 1. The fraction of sp³-hybridized carbons (Fsp3) is 0.250. The Labute approximate surface area is 146 Å². The second kappa shape index (κ2) is 6.89. The lowest BCUT2D eigenvalue weighted by atomic mass is 10.1. The number of pyridine rings is 2. The van der Waals surface area contributed by atoms with Gasteiger partial charge in [-0.25, -0.2) is 0 Å². The number of nitrogens with one attached hydrogen (secondary N) is 2. The van der Waals surface area contributed by atoms with Crippen LogP contribution in [0, 0.1) is 0 Å². The Morgan fingerprint density at radius 3 is 2.80 bits per heavy atom. The van der Waals surface area contributed by atoms with Gasteiger partial charge in [0.2, 0.25) is 0 Å². The molecule has 0 radical (unpaired) electrons. The SMILES string of the molecule is O=C(Nc1cccc2cccnc12)c1cncc(NC2CCCC2)c1. The minimum absolute atomic E-state index is 0.180. The molecule has 0 bridgehead atoms. The molecule has 126 valence electrons. The highest BCUT2D eigenvalue weighted by atomic mass is 16.1. The van der Waals surface area contributed by atoms with Crippen LogP contribution in [0.15, 0.2) is 55.0 Å². The summed E-state index contributed by atoms with van der Waals surface area (Å²) in [5.41, 5.74) is 2.93. The standard InChI is InChI=1S/C20H20N4O/c25-20(24-18-9-3-5-14-6-4-10-22-19(14)18)15-11-17(13-21-12-15)23-16-7-1-2-8-16/h3-6,9-13,16,23H,1-2,7-8H2,(H,24,25). The molecule has 1 saturated carbocycles. The van der Waals surface area contributed by atoms with Crippen molar-refractivity contribution >= 4 is 28.2 Å². The number of hydrogen-bond donors (Lipinski definition) is 2. The fourth-order valence-electron chi connectivity index (χ4n) is 3.35. The van der Waals surface area contributed by atoms with Crippen molar-refractivity contribution in [1.82, 2.24) is 9.97 Å². The van der Waals surface area contributed by atoms with Crippen molar-refractivity contribution in [2.24, 2.45) is 0 Å². The number of carbonyl (C=O) groups is 1. The third-order valence-electron chi connectivity index (χ3n) is 4.61. The Kier molecular flexibility index (Phi) is 4.29. The van der Waals surface area contributed by atoms with Crippen LogP contribution in [0.1, 0.15) is 36.0 Å². The number of rotatable bonds is 4. The van der Waals surface area contributed by atoms with Crippen molar-refractivity contribution < 1.29 is 4.79 Å². The highest BCUT2D eigenvalue weighted by Crippen LogP contribution is 2.24. The number of anilines is 2. The van der Waals surface area contributed by atoms with E-state index < -0.39 is 0 Å². The maximum Gasteiger partial charge on any atom is 0.257 e. The molecule has 1 aliphatic rings. The van der Waals surface area contributed by atoms with Gasteiger partial charge in [-0.3, -0.25) is 14.8 Å². The zero-order valence-electron chi connectivity index (χ0n) is 13.9. The minimum Gasteiger partial charge on any atom is -0.381 e. The minimum atomic E-state index is -0.180. The highest BCUT2D eigenvalue weighted by molar-refractivity contribution is 6.08. The third-order valence-corrected chi connectivity index (χ3v) is 4.61. The van der Waals surface area contributed by atoms with Gasteiger partial charge in [-0.1, -0.05) is 31.0 Å². The largest absolute Gasteiger partial charge is 0.381 e. The molecule has 2 aromatic heterocycles. The number of aromatic nitrogens is 2. The summed E-state index contributed by atoms with van der Waals surface area (Å²) in [6.07, 6.45) is 9.98. The molecule has 3 aromatic rings. The third kappa shape index (κ3) is 3.45. The lowest BCUT2D eigenvalue weighted by molar-refractivity contribution is 0.102. The van der Waals surface area contributed by atoms with E-state index in [1.807, 2.05) is 36.4 Å². The molecule has 4 rings (SSSR count). The van der Waals surface area contributed by atoms with E-state index in [9.17, 15) is 4.79 Å². The molecular weight excluding hydrogens is 312 g/mol. The van der Waals surface area contributed by atoms with Crippen molar-refractivity contribution in [2.75, 3.05) is 10.6 Å². The smallest absolute Gasteiger partial charge is 0.257 e. The number of hydrogen-bond acceptors (Lipinski definition) is 4. The van der Waals surface area contributed by atoms with E-state index in [2.05, 4.69) is 20.6 Å². The Morgan fingerprint density at radius 2 is 1.92 bits per heavy atom. The van der Waals surface area contributed by atoms with Crippen LogP contribution in [-0.2, 0) is 0 Å². The summed E-state index contributed by atoms with van der Waals surface area (Å²) in [5, 5.41) is 7.42. The number of carbonyl (C=O) groups excluding carboxylic acids is 1. The molecule has 0 aliphatic heterocycles. The maximum absolute atomic E-state index is 12.6. The Morgan fingerprint density at radius 1 is 1.08 bits per heavy atom. The van der Waals surface area contributed by atoms with Crippen molar-refractivity contribution in [2.45, 2.75) is 31.7 Å². The van der Waals surface area contributed by atoms with Gasteiger partial charge in [-0.2, -0.15) is 0 Å². The van der Waals surface area contributed by atoms with Crippen molar-refractivity contribution in [3.63, 3.8) is 0 Å². The van der Waals surface area contributed by atoms with Gasteiger partial charge in [0.25, 0.3) is 5.91 Å². The molecule has 25 heavy (non-hydrogen) atoms. The first kappa shape index (κ1) is 15.6. The Balaban J connectivity index is 1.54. The van der Waals surface area contributed by atoms with Crippen LogP contribution >= 0.6 is 0 Å². The molecular formula is C20H20N4O. The first-order valence-electron chi connectivity index (χ1n) is 8.66. The summed E-state index contributed by atoms with van der Waals surface area (Å²) in [5.74, 6) is -0.180. The topological polar surface area (TPSA) is 66.9 Å². The summed E-state index contributed by atoms with van der Waals surface area (Å²) in [6.45, 7) is 0. The van der Waals surface area contributed by atoms with Gasteiger partial charge < -0.3 is 10.6 Å². The van der Waals surface area contributed by atoms with E-state index in [1.165, 1.54) is 25.7 Å². The Bertz CT molecular complexity index is 898. The number of amides is 1. The predicted molar refractivity (Wildman–Crippen MR) is 99.8 cm³/mol. The van der Waals surface area contributed by atoms with Gasteiger partial charge in [0.15, 0.2) is 0 Å². The number of benzene rings is 1.